The summed E-state index contributed by atoms with van der Waals surface area (Å²) < 4.78 is 6.64. The van der Waals surface area contributed by atoms with Crippen molar-refractivity contribution >= 4 is 5.97 Å². The lowest BCUT2D eigenvalue weighted by molar-refractivity contribution is -0.926. The van der Waals surface area contributed by atoms with Crippen LogP contribution in [0, 0.1) is 5.92 Å². The fourth-order valence-electron chi connectivity index (χ4n) is 3.45. The van der Waals surface area contributed by atoms with Crippen LogP contribution >= 0.6 is 0 Å². The molecule has 0 aromatic rings. The summed E-state index contributed by atoms with van der Waals surface area (Å²) in [6.07, 6.45) is 7.54. The van der Waals surface area contributed by atoms with Crippen LogP contribution in [0.4, 0.5) is 0 Å². The van der Waals surface area contributed by atoms with Crippen LogP contribution < -0.4 is 0 Å². The van der Waals surface area contributed by atoms with Crippen molar-refractivity contribution in [1.29, 1.82) is 0 Å². The summed E-state index contributed by atoms with van der Waals surface area (Å²) in [5.74, 6) is 0.534. The third kappa shape index (κ3) is 5.82. The molecule has 0 spiro atoms. The molecule has 0 aromatic heterocycles. The van der Waals surface area contributed by atoms with Crippen LogP contribution in [0.15, 0.2) is 11.6 Å². The highest BCUT2D eigenvalue weighted by atomic mass is 16.5. The third-order valence-electron chi connectivity index (χ3n) is 4.75. The van der Waals surface area contributed by atoms with Gasteiger partial charge in [-0.1, -0.05) is 26.8 Å². The van der Waals surface area contributed by atoms with E-state index in [-0.39, 0.29) is 5.97 Å². The average molecular weight is 296 g/mol. The summed E-state index contributed by atoms with van der Waals surface area (Å²) in [4.78, 5) is 12.1. The molecule has 0 saturated carbocycles. The molecule has 0 radical (unpaired) electrons. The van der Waals surface area contributed by atoms with Crippen LogP contribution in [-0.4, -0.2) is 43.2 Å². The summed E-state index contributed by atoms with van der Waals surface area (Å²) in [5.41, 5.74) is 0.898. The zero-order valence-electron chi connectivity index (χ0n) is 14.5. The highest BCUT2D eigenvalue weighted by molar-refractivity contribution is 5.88. The number of carbonyl (C=O) groups is 1. The van der Waals surface area contributed by atoms with Gasteiger partial charge in [0, 0.05) is 5.57 Å². The van der Waals surface area contributed by atoms with Gasteiger partial charge in [-0.3, -0.25) is 0 Å². The molecule has 1 atom stereocenters. The minimum Gasteiger partial charge on any atom is -0.456 e. The van der Waals surface area contributed by atoms with E-state index in [1.54, 1.807) is 0 Å². The van der Waals surface area contributed by atoms with Gasteiger partial charge in [0.05, 0.1) is 19.6 Å². The van der Waals surface area contributed by atoms with E-state index in [9.17, 15) is 4.79 Å². The molecule has 0 fully saturated rings. The number of allylic oxidation sites excluding steroid dienone is 1. The molecule has 3 nitrogen and oxygen atoms in total. The number of quaternary nitrogens is 1. The number of hydrogen-bond acceptors (Lipinski definition) is 2. The predicted molar refractivity (Wildman–Crippen MR) is 88.0 cm³/mol. The van der Waals surface area contributed by atoms with Crippen LogP contribution in [0.3, 0.4) is 0 Å². The maximum Gasteiger partial charge on any atom is 0.333 e. The van der Waals surface area contributed by atoms with Gasteiger partial charge in [-0.05, 0) is 44.9 Å². The molecule has 0 amide bonds. The van der Waals surface area contributed by atoms with Crippen molar-refractivity contribution in [2.45, 2.75) is 59.8 Å². The van der Waals surface area contributed by atoms with E-state index in [1.165, 1.54) is 32.4 Å². The number of likely N-dealkylation sites (N-methyl/N-ethyl adjacent to an activating group) is 1. The fraction of sp³-hybridized carbons (Fsp3) is 0.833. The average Bonchev–Trinajstić information content (AvgIpc) is 2.47. The Bertz CT molecular complexity index is 343. The van der Waals surface area contributed by atoms with E-state index < -0.39 is 0 Å². The van der Waals surface area contributed by atoms with Crippen molar-refractivity contribution in [3.8, 4) is 0 Å². The second-order valence-corrected chi connectivity index (χ2v) is 6.58. The number of nitrogens with zero attached hydrogens (tertiary/aromatic N) is 1. The molecule has 0 aliphatic heterocycles. The number of ether oxygens (including phenoxy) is 1. The van der Waals surface area contributed by atoms with Crippen molar-refractivity contribution in [3.63, 3.8) is 0 Å². The van der Waals surface area contributed by atoms with Crippen LogP contribution in [0.1, 0.15) is 59.8 Å². The molecule has 0 bridgehead atoms. The Labute approximate surface area is 130 Å². The van der Waals surface area contributed by atoms with E-state index in [0.717, 1.165) is 36.0 Å². The van der Waals surface area contributed by atoms with Crippen LogP contribution in [-0.2, 0) is 9.53 Å². The Morgan fingerprint density at radius 2 is 1.90 bits per heavy atom. The first-order valence-corrected chi connectivity index (χ1v) is 8.78. The minimum absolute atomic E-state index is 0.0799. The largest absolute Gasteiger partial charge is 0.456 e. The molecule has 0 aromatic carbocycles. The Balaban J connectivity index is 2.46. The van der Waals surface area contributed by atoms with Crippen molar-refractivity contribution in [1.82, 2.24) is 0 Å². The molecule has 0 saturated heterocycles. The van der Waals surface area contributed by atoms with Gasteiger partial charge < -0.3 is 9.22 Å². The quantitative estimate of drug-likeness (QED) is 0.476. The van der Waals surface area contributed by atoms with E-state index in [2.05, 4.69) is 33.8 Å². The maximum absolute atomic E-state index is 12.1. The van der Waals surface area contributed by atoms with Gasteiger partial charge in [0.15, 0.2) is 0 Å². The van der Waals surface area contributed by atoms with Crippen molar-refractivity contribution in [2.24, 2.45) is 5.92 Å². The second kappa shape index (κ2) is 9.24. The Morgan fingerprint density at radius 3 is 2.43 bits per heavy atom. The monoisotopic (exact) mass is 296 g/mol. The first-order valence-electron chi connectivity index (χ1n) is 8.78. The Kier molecular flexibility index (Phi) is 8.02. The molecule has 122 valence electrons. The molecule has 21 heavy (non-hydrogen) atoms. The van der Waals surface area contributed by atoms with E-state index in [1.807, 2.05) is 0 Å². The van der Waals surface area contributed by atoms with Gasteiger partial charge in [0.1, 0.15) is 13.2 Å². The second-order valence-electron chi connectivity index (χ2n) is 6.58. The Morgan fingerprint density at radius 1 is 1.24 bits per heavy atom. The van der Waals surface area contributed by atoms with Crippen LogP contribution in [0.2, 0.25) is 0 Å². The maximum atomic E-state index is 12.1. The molecule has 0 N–H and O–H groups in total. The smallest absolute Gasteiger partial charge is 0.333 e. The first-order chi connectivity index (χ1) is 10.1. The number of hydrogen-bond donors (Lipinski definition) is 0. The third-order valence-corrected chi connectivity index (χ3v) is 4.75. The molecule has 1 aliphatic carbocycles. The topological polar surface area (TPSA) is 26.3 Å². The van der Waals surface area contributed by atoms with Crippen molar-refractivity contribution in [2.75, 3.05) is 32.8 Å². The van der Waals surface area contributed by atoms with Crippen LogP contribution in [0.5, 0.6) is 0 Å². The zero-order valence-corrected chi connectivity index (χ0v) is 14.5. The molecule has 1 aliphatic rings. The normalized spacial score (nSPS) is 19.2. The lowest BCUT2D eigenvalue weighted by Crippen LogP contribution is -2.51. The summed E-state index contributed by atoms with van der Waals surface area (Å²) in [7, 11) is 0. The van der Waals surface area contributed by atoms with Crippen molar-refractivity contribution in [3.05, 3.63) is 11.6 Å². The van der Waals surface area contributed by atoms with Gasteiger partial charge in [0.2, 0.25) is 0 Å². The summed E-state index contributed by atoms with van der Waals surface area (Å²) in [6, 6.07) is 0. The standard InChI is InChI=1S/C18H34NO2/c1-5-11-19(7-3,12-6-2)13-14-21-18(20)17-10-8-9-16(4)15-17/h10,16H,5-9,11-15H2,1-4H3/q+1. The predicted octanol–water partition coefficient (Wildman–Crippen LogP) is 3.93. The Hall–Kier alpha value is -0.830. The van der Waals surface area contributed by atoms with Gasteiger partial charge in [0.25, 0.3) is 0 Å². The summed E-state index contributed by atoms with van der Waals surface area (Å²) in [6.45, 7) is 13.9. The molecular formula is C18H34NO2+. The van der Waals surface area contributed by atoms with Gasteiger partial charge in [-0.15, -0.1) is 0 Å². The lowest BCUT2D eigenvalue weighted by atomic mass is 9.90. The van der Waals surface area contributed by atoms with Gasteiger partial charge in [-0.2, -0.15) is 0 Å². The minimum atomic E-state index is -0.0799. The summed E-state index contributed by atoms with van der Waals surface area (Å²) in [5, 5.41) is 0. The van der Waals surface area contributed by atoms with Gasteiger partial charge >= 0.3 is 5.97 Å². The number of rotatable bonds is 9. The molecule has 0 heterocycles. The highest BCUT2D eigenvalue weighted by Gasteiger charge is 2.24. The van der Waals surface area contributed by atoms with Crippen LogP contribution in [0.25, 0.3) is 0 Å². The van der Waals surface area contributed by atoms with Crippen molar-refractivity contribution < 1.29 is 14.0 Å². The molecular weight excluding hydrogens is 262 g/mol. The fourth-order valence-corrected chi connectivity index (χ4v) is 3.45. The SMILES string of the molecule is CCC[N+](CC)(CCC)CCOC(=O)C1=CCCC(C)C1. The summed E-state index contributed by atoms with van der Waals surface area (Å²) >= 11 is 0. The first kappa shape index (κ1) is 18.2. The molecule has 1 unspecified atom stereocenters. The van der Waals surface area contributed by atoms with Gasteiger partial charge in [-0.25, -0.2) is 4.79 Å². The van der Waals surface area contributed by atoms with E-state index in [4.69, 9.17) is 4.74 Å². The zero-order chi connectivity index (χ0) is 15.7. The molecule has 3 heteroatoms. The lowest BCUT2D eigenvalue weighted by Gasteiger charge is -2.37. The molecule has 1 rings (SSSR count). The van der Waals surface area contributed by atoms with E-state index >= 15 is 0 Å². The number of carbonyl (C=O) groups excluding carboxylic acids is 1. The highest BCUT2D eigenvalue weighted by Crippen LogP contribution is 2.24. The van der Waals surface area contributed by atoms with E-state index in [0.29, 0.717) is 12.5 Å². The number of esters is 1.